The third kappa shape index (κ3) is 2.43. The molecule has 3 nitrogen and oxygen atoms in total. The van der Waals surface area contributed by atoms with E-state index >= 15 is 0 Å². The van der Waals surface area contributed by atoms with Gasteiger partial charge in [0.25, 0.3) is 0 Å². The van der Waals surface area contributed by atoms with E-state index in [2.05, 4.69) is 21.4 Å². The van der Waals surface area contributed by atoms with E-state index < -0.39 is 0 Å². The Labute approximate surface area is 114 Å². The third-order valence-electron chi connectivity index (χ3n) is 4.32. The normalized spacial score (nSPS) is 25.1. The van der Waals surface area contributed by atoms with Crippen LogP contribution in [-0.2, 0) is 19.5 Å². The van der Waals surface area contributed by atoms with Crippen LogP contribution < -0.4 is 0 Å². The Morgan fingerprint density at radius 3 is 2.78 bits per heavy atom. The van der Waals surface area contributed by atoms with Gasteiger partial charge in [-0.25, -0.2) is 4.98 Å². The fraction of sp³-hybridized carbons (Fsp3) is 0.786. The number of fused-ring (bicyclic) bond motifs is 1. The molecule has 3 rings (SSSR count). The maximum atomic E-state index is 6.26. The van der Waals surface area contributed by atoms with Crippen LogP contribution in [0.2, 0.25) is 5.28 Å². The molecule has 0 radical (unpaired) electrons. The van der Waals surface area contributed by atoms with Gasteiger partial charge in [0.15, 0.2) is 0 Å². The highest BCUT2D eigenvalue weighted by Crippen LogP contribution is 2.28. The summed E-state index contributed by atoms with van der Waals surface area (Å²) >= 11 is 6.26. The van der Waals surface area contributed by atoms with Crippen LogP contribution in [0.1, 0.15) is 44.0 Å². The van der Waals surface area contributed by atoms with E-state index in [-0.39, 0.29) is 0 Å². The van der Waals surface area contributed by atoms with Crippen LogP contribution in [0.15, 0.2) is 0 Å². The fourth-order valence-electron chi connectivity index (χ4n) is 3.20. The molecule has 100 valence electrons. The van der Waals surface area contributed by atoms with Gasteiger partial charge in [0.1, 0.15) is 0 Å². The minimum atomic E-state index is 0.698. The Balaban J connectivity index is 1.79. The number of likely N-dealkylation sites (tertiary alicyclic amines) is 1. The summed E-state index contributed by atoms with van der Waals surface area (Å²) in [7, 11) is 0. The highest BCUT2D eigenvalue weighted by Gasteiger charge is 2.24. The van der Waals surface area contributed by atoms with Crippen molar-refractivity contribution in [3.05, 3.63) is 16.7 Å². The highest BCUT2D eigenvalue weighted by atomic mass is 35.5. The SMILES string of the molecule is CC1CCn2c(Cl)nc(CN3CCCCC3)c2C1. The predicted molar refractivity (Wildman–Crippen MR) is 73.9 cm³/mol. The Hall–Kier alpha value is -0.540. The molecule has 0 saturated carbocycles. The molecule has 2 aliphatic rings. The summed E-state index contributed by atoms with van der Waals surface area (Å²) in [5, 5.41) is 0.698. The second-order valence-electron chi connectivity index (χ2n) is 5.86. The van der Waals surface area contributed by atoms with Crippen LogP contribution in [0.25, 0.3) is 0 Å². The van der Waals surface area contributed by atoms with Gasteiger partial charge in [-0.3, -0.25) is 4.90 Å². The molecule has 1 fully saturated rings. The summed E-state index contributed by atoms with van der Waals surface area (Å²) in [6.07, 6.45) is 6.42. The van der Waals surface area contributed by atoms with E-state index in [1.54, 1.807) is 0 Å². The van der Waals surface area contributed by atoms with E-state index in [1.807, 2.05) is 0 Å². The Morgan fingerprint density at radius 1 is 1.22 bits per heavy atom. The van der Waals surface area contributed by atoms with Gasteiger partial charge in [0.2, 0.25) is 5.28 Å². The minimum absolute atomic E-state index is 0.698. The number of nitrogens with zero attached hydrogens (tertiary/aromatic N) is 3. The number of hydrogen-bond acceptors (Lipinski definition) is 2. The van der Waals surface area contributed by atoms with Crippen molar-refractivity contribution in [3.8, 4) is 0 Å². The molecule has 18 heavy (non-hydrogen) atoms. The van der Waals surface area contributed by atoms with Crippen LogP contribution >= 0.6 is 11.6 Å². The van der Waals surface area contributed by atoms with Crippen LogP contribution in [0.5, 0.6) is 0 Å². The largest absolute Gasteiger partial charge is 0.319 e. The first-order valence-electron chi connectivity index (χ1n) is 7.20. The van der Waals surface area contributed by atoms with Crippen molar-refractivity contribution in [1.29, 1.82) is 0 Å². The number of imidazole rings is 1. The van der Waals surface area contributed by atoms with E-state index in [0.29, 0.717) is 5.28 Å². The second-order valence-corrected chi connectivity index (χ2v) is 6.20. The lowest BCUT2D eigenvalue weighted by molar-refractivity contribution is 0.217. The number of rotatable bonds is 2. The first-order chi connectivity index (χ1) is 8.74. The standard InChI is InChI=1S/C14H22ClN3/c1-11-5-8-18-13(9-11)12(16-14(18)15)10-17-6-3-2-4-7-17/h11H,2-10H2,1H3. The summed E-state index contributed by atoms with van der Waals surface area (Å²) in [6.45, 7) is 6.81. The van der Waals surface area contributed by atoms with Crippen molar-refractivity contribution in [3.63, 3.8) is 0 Å². The molecular formula is C14H22ClN3. The molecule has 1 atom stereocenters. The van der Waals surface area contributed by atoms with Crippen molar-refractivity contribution < 1.29 is 0 Å². The van der Waals surface area contributed by atoms with E-state index in [0.717, 1.165) is 25.4 Å². The van der Waals surface area contributed by atoms with Crippen molar-refractivity contribution in [2.24, 2.45) is 5.92 Å². The van der Waals surface area contributed by atoms with Gasteiger partial charge < -0.3 is 4.57 Å². The van der Waals surface area contributed by atoms with Crippen molar-refractivity contribution in [1.82, 2.24) is 14.5 Å². The number of halogens is 1. The summed E-state index contributed by atoms with van der Waals surface area (Å²) in [5.74, 6) is 0.769. The van der Waals surface area contributed by atoms with Crippen LogP contribution in [0.4, 0.5) is 0 Å². The third-order valence-corrected chi connectivity index (χ3v) is 4.61. The van der Waals surface area contributed by atoms with E-state index in [1.165, 1.54) is 50.2 Å². The monoisotopic (exact) mass is 267 g/mol. The molecule has 0 N–H and O–H groups in total. The van der Waals surface area contributed by atoms with Gasteiger partial charge in [0.05, 0.1) is 5.69 Å². The molecule has 0 aliphatic carbocycles. The molecule has 0 aromatic carbocycles. The van der Waals surface area contributed by atoms with Crippen molar-refractivity contribution in [2.45, 2.75) is 52.1 Å². The van der Waals surface area contributed by atoms with Gasteiger partial charge in [-0.15, -0.1) is 0 Å². The molecule has 1 saturated heterocycles. The second kappa shape index (κ2) is 5.22. The molecule has 2 aliphatic heterocycles. The number of aromatic nitrogens is 2. The molecule has 1 unspecified atom stereocenters. The fourth-order valence-corrected chi connectivity index (χ4v) is 3.48. The minimum Gasteiger partial charge on any atom is -0.319 e. The van der Waals surface area contributed by atoms with Gasteiger partial charge >= 0.3 is 0 Å². The molecule has 3 heterocycles. The van der Waals surface area contributed by atoms with Gasteiger partial charge in [-0.05, 0) is 56.3 Å². The average Bonchev–Trinajstić information content (AvgIpc) is 2.67. The van der Waals surface area contributed by atoms with Crippen LogP contribution in [0, 0.1) is 5.92 Å². The van der Waals surface area contributed by atoms with Crippen LogP contribution in [-0.4, -0.2) is 27.5 Å². The van der Waals surface area contributed by atoms with Crippen LogP contribution in [0.3, 0.4) is 0 Å². The Bertz CT molecular complexity index is 421. The zero-order chi connectivity index (χ0) is 12.5. The first-order valence-corrected chi connectivity index (χ1v) is 7.58. The Kier molecular flexibility index (Phi) is 3.62. The zero-order valence-electron chi connectivity index (χ0n) is 11.2. The average molecular weight is 268 g/mol. The summed E-state index contributed by atoms with van der Waals surface area (Å²) in [6, 6.07) is 0. The topological polar surface area (TPSA) is 21.1 Å². The molecule has 0 bridgehead atoms. The summed E-state index contributed by atoms with van der Waals surface area (Å²) in [4.78, 5) is 7.14. The number of hydrogen-bond donors (Lipinski definition) is 0. The van der Waals surface area contributed by atoms with Crippen molar-refractivity contribution >= 4 is 11.6 Å². The Morgan fingerprint density at radius 2 is 2.00 bits per heavy atom. The molecule has 4 heteroatoms. The molecule has 0 spiro atoms. The lowest BCUT2D eigenvalue weighted by atomic mass is 9.97. The zero-order valence-corrected chi connectivity index (χ0v) is 11.9. The maximum absolute atomic E-state index is 6.26. The molecule has 1 aromatic heterocycles. The molecule has 0 amide bonds. The van der Waals surface area contributed by atoms with Crippen molar-refractivity contribution in [2.75, 3.05) is 13.1 Å². The first kappa shape index (κ1) is 12.5. The maximum Gasteiger partial charge on any atom is 0.203 e. The van der Waals surface area contributed by atoms with Gasteiger partial charge in [-0.2, -0.15) is 0 Å². The number of piperidine rings is 1. The molecular weight excluding hydrogens is 246 g/mol. The lowest BCUT2D eigenvalue weighted by Gasteiger charge is -2.27. The van der Waals surface area contributed by atoms with E-state index in [4.69, 9.17) is 11.6 Å². The lowest BCUT2D eigenvalue weighted by Crippen LogP contribution is -2.30. The van der Waals surface area contributed by atoms with Gasteiger partial charge in [0, 0.05) is 18.8 Å². The summed E-state index contributed by atoms with van der Waals surface area (Å²) < 4.78 is 2.22. The van der Waals surface area contributed by atoms with Gasteiger partial charge in [-0.1, -0.05) is 13.3 Å². The highest BCUT2D eigenvalue weighted by molar-refractivity contribution is 6.28. The molecule has 1 aromatic rings. The quantitative estimate of drug-likeness (QED) is 0.821. The van der Waals surface area contributed by atoms with E-state index in [9.17, 15) is 0 Å². The smallest absolute Gasteiger partial charge is 0.203 e. The predicted octanol–water partition coefficient (Wildman–Crippen LogP) is 3.10. The summed E-state index contributed by atoms with van der Waals surface area (Å²) in [5.41, 5.74) is 2.62.